The Morgan fingerprint density at radius 1 is 1.50 bits per heavy atom. The molecule has 2 N–H and O–H groups in total. The number of nitrogens with two attached hydrogens (primary N) is 1. The van der Waals surface area contributed by atoms with Crippen LogP contribution < -0.4 is 10.0 Å². The van der Waals surface area contributed by atoms with Crippen LogP contribution in [0.25, 0.3) is 0 Å². The molecule has 1 atom stereocenters. The number of halogens is 1. The summed E-state index contributed by atoms with van der Waals surface area (Å²) >= 11 is 5.83. The molecule has 0 unspecified atom stereocenters. The van der Waals surface area contributed by atoms with Crippen LogP contribution in [0.1, 0.15) is 13.3 Å². The average Bonchev–Trinajstić information content (AvgIpc) is 2.23. The van der Waals surface area contributed by atoms with Crippen LogP contribution in [0.3, 0.4) is 0 Å². The number of carbonyl (C=O) groups excluding carboxylic acids is 1. The smallest absolute Gasteiger partial charge is 0.241 e. The zero-order chi connectivity index (χ0) is 13.9. The number of sulfonamides is 1. The average molecular weight is 291 g/mol. The summed E-state index contributed by atoms with van der Waals surface area (Å²) in [6, 6.07) is 5.37. The standard InChI is InChI=1S/C11H15ClN2O3S/c1-3-10(11(13)15)14(18(2,16)17)9-6-4-5-8(12)7-9/h4-7,10H,3H2,1-2H3,(H2,13,15)/t10-/m0/s1. The van der Waals surface area contributed by atoms with E-state index in [0.29, 0.717) is 10.7 Å². The summed E-state index contributed by atoms with van der Waals surface area (Å²) in [5.41, 5.74) is 5.57. The van der Waals surface area contributed by atoms with E-state index < -0.39 is 22.0 Å². The third-order valence-electron chi connectivity index (χ3n) is 2.42. The molecule has 0 radical (unpaired) electrons. The lowest BCUT2D eigenvalue weighted by molar-refractivity contribution is -0.119. The highest BCUT2D eigenvalue weighted by atomic mass is 35.5. The lowest BCUT2D eigenvalue weighted by atomic mass is 10.2. The summed E-state index contributed by atoms with van der Waals surface area (Å²) in [5, 5.41) is 0.389. The van der Waals surface area contributed by atoms with Crippen LogP contribution in [0.2, 0.25) is 5.02 Å². The van der Waals surface area contributed by atoms with Crippen molar-refractivity contribution in [3.8, 4) is 0 Å². The number of hydrogen-bond donors (Lipinski definition) is 1. The molecule has 5 nitrogen and oxygen atoms in total. The van der Waals surface area contributed by atoms with Crippen LogP contribution in [0.15, 0.2) is 24.3 Å². The van der Waals surface area contributed by atoms with Gasteiger partial charge in [0.1, 0.15) is 6.04 Å². The number of hydrogen-bond acceptors (Lipinski definition) is 3. The van der Waals surface area contributed by atoms with Gasteiger partial charge in [0.05, 0.1) is 11.9 Å². The maximum absolute atomic E-state index is 11.8. The molecule has 18 heavy (non-hydrogen) atoms. The predicted molar refractivity (Wildman–Crippen MR) is 72.0 cm³/mol. The Balaban J connectivity index is 3.35. The Labute approximate surface area is 112 Å². The molecule has 0 bridgehead atoms. The minimum atomic E-state index is -3.62. The summed E-state index contributed by atoms with van der Waals surface area (Å²) in [6.07, 6.45) is 1.31. The van der Waals surface area contributed by atoms with Crippen molar-refractivity contribution in [3.63, 3.8) is 0 Å². The summed E-state index contributed by atoms with van der Waals surface area (Å²) in [4.78, 5) is 11.4. The van der Waals surface area contributed by atoms with Gasteiger partial charge in [-0.05, 0) is 24.6 Å². The van der Waals surface area contributed by atoms with Gasteiger partial charge in [-0.3, -0.25) is 9.10 Å². The van der Waals surface area contributed by atoms with Gasteiger partial charge in [-0.2, -0.15) is 0 Å². The second kappa shape index (κ2) is 5.58. The molecule has 0 aliphatic heterocycles. The van der Waals surface area contributed by atoms with E-state index in [9.17, 15) is 13.2 Å². The molecule has 7 heteroatoms. The molecule has 0 aromatic heterocycles. The van der Waals surface area contributed by atoms with Crippen molar-refractivity contribution in [3.05, 3.63) is 29.3 Å². The third-order valence-corrected chi connectivity index (χ3v) is 3.83. The van der Waals surface area contributed by atoms with Gasteiger partial charge in [-0.1, -0.05) is 24.6 Å². The van der Waals surface area contributed by atoms with Crippen LogP contribution in [-0.2, 0) is 14.8 Å². The molecule has 0 fully saturated rings. The summed E-state index contributed by atoms with van der Waals surface area (Å²) in [6.45, 7) is 1.69. The van der Waals surface area contributed by atoms with E-state index in [4.69, 9.17) is 17.3 Å². The Morgan fingerprint density at radius 2 is 2.11 bits per heavy atom. The van der Waals surface area contributed by atoms with Gasteiger partial charge >= 0.3 is 0 Å². The molecular weight excluding hydrogens is 276 g/mol. The largest absolute Gasteiger partial charge is 0.368 e. The summed E-state index contributed by atoms with van der Waals surface area (Å²) in [7, 11) is -3.62. The number of benzene rings is 1. The monoisotopic (exact) mass is 290 g/mol. The van der Waals surface area contributed by atoms with Gasteiger partial charge in [0.25, 0.3) is 0 Å². The van der Waals surface area contributed by atoms with Gasteiger partial charge < -0.3 is 5.73 Å². The van der Waals surface area contributed by atoms with E-state index in [0.717, 1.165) is 10.6 Å². The normalized spacial score (nSPS) is 13.1. The number of nitrogens with zero attached hydrogens (tertiary/aromatic N) is 1. The quantitative estimate of drug-likeness (QED) is 0.889. The fraction of sp³-hybridized carbons (Fsp3) is 0.364. The number of anilines is 1. The molecule has 1 rings (SSSR count). The SMILES string of the molecule is CC[C@@H](C(N)=O)N(c1cccc(Cl)c1)S(C)(=O)=O. The maximum atomic E-state index is 11.8. The van der Waals surface area contributed by atoms with Crippen molar-refractivity contribution in [1.29, 1.82) is 0 Å². The predicted octanol–water partition coefficient (Wildman–Crippen LogP) is 1.37. The Bertz CT molecular complexity index is 545. The van der Waals surface area contributed by atoms with E-state index in [1.807, 2.05) is 0 Å². The highest BCUT2D eigenvalue weighted by molar-refractivity contribution is 7.92. The van der Waals surface area contributed by atoms with Crippen molar-refractivity contribution >= 4 is 33.2 Å². The number of primary amides is 1. The number of carbonyl (C=O) groups is 1. The molecule has 100 valence electrons. The van der Waals surface area contributed by atoms with E-state index in [2.05, 4.69) is 0 Å². The molecule has 0 saturated heterocycles. The first-order chi connectivity index (χ1) is 8.27. The first-order valence-corrected chi connectivity index (χ1v) is 7.54. The van der Waals surface area contributed by atoms with Crippen molar-refractivity contribution in [2.45, 2.75) is 19.4 Å². The van der Waals surface area contributed by atoms with E-state index in [-0.39, 0.29) is 6.42 Å². The fourth-order valence-corrected chi connectivity index (χ4v) is 3.09. The van der Waals surface area contributed by atoms with Crippen LogP contribution in [-0.4, -0.2) is 26.6 Å². The minimum absolute atomic E-state index is 0.287. The molecule has 0 heterocycles. The van der Waals surface area contributed by atoms with Gasteiger partial charge in [0.2, 0.25) is 15.9 Å². The highest BCUT2D eigenvalue weighted by Gasteiger charge is 2.29. The summed E-state index contributed by atoms with van der Waals surface area (Å²) < 4.78 is 24.6. The Kier molecular flexibility index (Phi) is 4.59. The Morgan fingerprint density at radius 3 is 2.50 bits per heavy atom. The van der Waals surface area contributed by atoms with Gasteiger partial charge in [-0.15, -0.1) is 0 Å². The van der Waals surface area contributed by atoms with Gasteiger partial charge in [0.15, 0.2) is 0 Å². The first kappa shape index (κ1) is 14.8. The van der Waals surface area contributed by atoms with E-state index >= 15 is 0 Å². The molecule has 0 spiro atoms. The molecular formula is C11H15ClN2O3S. The second-order valence-electron chi connectivity index (χ2n) is 3.87. The number of rotatable bonds is 5. The lowest BCUT2D eigenvalue weighted by Crippen LogP contribution is -2.47. The molecule has 1 amide bonds. The van der Waals surface area contributed by atoms with Crippen LogP contribution in [0.5, 0.6) is 0 Å². The minimum Gasteiger partial charge on any atom is -0.368 e. The Hall–Kier alpha value is -1.27. The van der Waals surface area contributed by atoms with Gasteiger partial charge in [-0.25, -0.2) is 8.42 Å². The lowest BCUT2D eigenvalue weighted by Gasteiger charge is -2.28. The topological polar surface area (TPSA) is 80.5 Å². The van der Waals surface area contributed by atoms with E-state index in [1.165, 1.54) is 6.07 Å². The van der Waals surface area contributed by atoms with Crippen molar-refractivity contribution in [2.24, 2.45) is 5.73 Å². The van der Waals surface area contributed by atoms with Crippen LogP contribution in [0, 0.1) is 0 Å². The zero-order valence-corrected chi connectivity index (χ0v) is 11.7. The maximum Gasteiger partial charge on any atom is 0.241 e. The van der Waals surface area contributed by atoms with Crippen molar-refractivity contribution < 1.29 is 13.2 Å². The number of amides is 1. The highest BCUT2D eigenvalue weighted by Crippen LogP contribution is 2.25. The van der Waals surface area contributed by atoms with Crippen LogP contribution >= 0.6 is 11.6 Å². The van der Waals surface area contributed by atoms with E-state index in [1.54, 1.807) is 25.1 Å². The third kappa shape index (κ3) is 3.36. The molecule has 0 saturated carbocycles. The molecule has 0 aliphatic rings. The molecule has 1 aromatic carbocycles. The first-order valence-electron chi connectivity index (χ1n) is 5.31. The van der Waals surface area contributed by atoms with Crippen molar-refractivity contribution in [1.82, 2.24) is 0 Å². The summed E-state index contributed by atoms with van der Waals surface area (Å²) in [5.74, 6) is -0.692. The fourth-order valence-electron chi connectivity index (χ4n) is 1.70. The molecule has 0 aliphatic carbocycles. The van der Waals surface area contributed by atoms with Crippen LogP contribution in [0.4, 0.5) is 5.69 Å². The van der Waals surface area contributed by atoms with Gasteiger partial charge in [0, 0.05) is 5.02 Å². The molecule has 1 aromatic rings. The van der Waals surface area contributed by atoms with Crippen molar-refractivity contribution in [2.75, 3.05) is 10.6 Å². The zero-order valence-electron chi connectivity index (χ0n) is 10.1. The second-order valence-corrected chi connectivity index (χ2v) is 6.16.